The third-order valence-electron chi connectivity index (χ3n) is 4.27. The Balaban J connectivity index is 2.11. The van der Waals surface area contributed by atoms with E-state index >= 15 is 0 Å². The van der Waals surface area contributed by atoms with Crippen molar-refractivity contribution in [2.24, 2.45) is 7.05 Å². The highest BCUT2D eigenvalue weighted by atomic mass is 16.3. The van der Waals surface area contributed by atoms with E-state index in [1.54, 1.807) is 36.9 Å². The Bertz CT molecular complexity index is 834. The van der Waals surface area contributed by atoms with Crippen molar-refractivity contribution in [3.8, 4) is 0 Å². The van der Waals surface area contributed by atoms with Crippen LogP contribution in [0.4, 0.5) is 5.69 Å². The lowest BCUT2D eigenvalue weighted by atomic mass is 9.98. The average molecular weight is 374 g/mol. The maximum absolute atomic E-state index is 12.5. The van der Waals surface area contributed by atoms with Gasteiger partial charge in [-0.1, -0.05) is 19.1 Å². The van der Waals surface area contributed by atoms with Crippen LogP contribution in [0.15, 0.2) is 36.7 Å². The second-order valence-corrected chi connectivity index (χ2v) is 6.13. The normalized spacial score (nSPS) is 11.1. The minimum Gasteiger partial charge on any atom is -0.394 e. The molecule has 0 aliphatic carbocycles. The van der Waals surface area contributed by atoms with Crippen LogP contribution < -0.4 is 10.6 Å². The molecule has 0 atom stereocenters. The van der Waals surface area contributed by atoms with Gasteiger partial charge in [0.25, 0.3) is 0 Å². The number of hydrogen-bond acceptors (Lipinski definition) is 6. The van der Waals surface area contributed by atoms with Gasteiger partial charge in [0.2, 0.25) is 5.78 Å². The number of aliphatic hydroxyl groups excluding tert-OH is 2. The van der Waals surface area contributed by atoms with Crippen molar-refractivity contribution in [2.75, 3.05) is 18.5 Å². The van der Waals surface area contributed by atoms with Gasteiger partial charge in [0.1, 0.15) is 0 Å². The van der Waals surface area contributed by atoms with Crippen molar-refractivity contribution < 1.29 is 24.6 Å². The number of hydrogen-bond donors (Lipinski definition) is 4. The third-order valence-corrected chi connectivity index (χ3v) is 4.27. The van der Waals surface area contributed by atoms with E-state index in [0.29, 0.717) is 5.56 Å². The lowest BCUT2D eigenvalue weighted by Gasteiger charge is -2.29. The molecule has 2 rings (SSSR count). The zero-order valence-corrected chi connectivity index (χ0v) is 15.1. The van der Waals surface area contributed by atoms with Crippen LogP contribution in [0.5, 0.6) is 0 Å². The van der Waals surface area contributed by atoms with Crippen molar-refractivity contribution in [3.63, 3.8) is 0 Å². The fourth-order valence-corrected chi connectivity index (χ4v) is 2.38. The maximum atomic E-state index is 12.5. The van der Waals surface area contributed by atoms with E-state index in [1.165, 1.54) is 18.3 Å². The van der Waals surface area contributed by atoms with Crippen LogP contribution in [-0.4, -0.2) is 56.1 Å². The predicted molar refractivity (Wildman–Crippen MR) is 97.0 cm³/mol. The third kappa shape index (κ3) is 4.57. The zero-order chi connectivity index (χ0) is 20.0. The summed E-state index contributed by atoms with van der Waals surface area (Å²) in [6.45, 7) is 0.649. The van der Waals surface area contributed by atoms with E-state index in [0.717, 1.165) is 0 Å². The van der Waals surface area contributed by atoms with E-state index in [2.05, 4.69) is 15.6 Å². The molecule has 0 fully saturated rings. The Morgan fingerprint density at radius 3 is 2.44 bits per heavy atom. The summed E-state index contributed by atoms with van der Waals surface area (Å²) < 4.78 is 1.58. The van der Waals surface area contributed by atoms with Gasteiger partial charge in [0.05, 0.1) is 18.8 Å². The summed E-state index contributed by atoms with van der Waals surface area (Å²) in [6, 6.07) is 6.12. The number of imidazole rings is 1. The van der Waals surface area contributed by atoms with Crippen molar-refractivity contribution in [3.05, 3.63) is 48.0 Å². The van der Waals surface area contributed by atoms with Gasteiger partial charge in [-0.15, -0.1) is 0 Å². The van der Waals surface area contributed by atoms with E-state index in [9.17, 15) is 24.6 Å². The molecule has 1 aromatic carbocycles. The first-order valence-electron chi connectivity index (χ1n) is 8.33. The fourth-order valence-electron chi connectivity index (χ4n) is 2.38. The Morgan fingerprint density at radius 2 is 1.89 bits per heavy atom. The smallest absolute Gasteiger partial charge is 0.313 e. The number of carbonyl (C=O) groups is 3. The molecule has 2 aromatic rings. The highest BCUT2D eigenvalue weighted by Crippen LogP contribution is 2.14. The summed E-state index contributed by atoms with van der Waals surface area (Å²) in [7, 11) is 1.69. The van der Waals surface area contributed by atoms with Crippen molar-refractivity contribution >= 4 is 23.3 Å². The van der Waals surface area contributed by atoms with Gasteiger partial charge in [-0.25, -0.2) is 4.98 Å². The van der Waals surface area contributed by atoms with Crippen LogP contribution in [0.25, 0.3) is 0 Å². The molecule has 27 heavy (non-hydrogen) atoms. The second kappa shape index (κ2) is 8.56. The zero-order valence-electron chi connectivity index (χ0n) is 15.1. The molecule has 1 heterocycles. The van der Waals surface area contributed by atoms with Crippen LogP contribution in [-0.2, 0) is 16.6 Å². The minimum atomic E-state index is -1.27. The van der Waals surface area contributed by atoms with Crippen LogP contribution in [0.2, 0.25) is 0 Å². The topological polar surface area (TPSA) is 134 Å². The van der Waals surface area contributed by atoms with E-state index in [4.69, 9.17) is 0 Å². The lowest BCUT2D eigenvalue weighted by Crippen LogP contribution is -2.56. The number of aryl methyl sites for hydroxylation is 1. The van der Waals surface area contributed by atoms with Crippen LogP contribution in [0.1, 0.15) is 29.5 Å². The summed E-state index contributed by atoms with van der Waals surface area (Å²) in [5, 5.41) is 23.4. The quantitative estimate of drug-likeness (QED) is 0.393. The Morgan fingerprint density at radius 1 is 1.19 bits per heavy atom. The van der Waals surface area contributed by atoms with E-state index in [-0.39, 0.29) is 23.7 Å². The first-order chi connectivity index (χ1) is 12.9. The van der Waals surface area contributed by atoms with Crippen LogP contribution >= 0.6 is 0 Å². The number of amides is 2. The summed E-state index contributed by atoms with van der Waals surface area (Å²) >= 11 is 0. The molecule has 0 aliphatic rings. The highest BCUT2D eigenvalue weighted by Gasteiger charge is 2.31. The number of nitrogens with zero attached hydrogens (tertiary/aromatic N) is 2. The molecule has 2 amide bonds. The molecule has 0 spiro atoms. The Kier molecular flexibility index (Phi) is 6.43. The standard InChI is InChI=1S/C18H22N4O5/c1-3-18(10-23,11-24)21-17(27)16(26)20-13-6-4-5-12(9-13)14(25)15-19-7-8-22(15)2/h4-9,23-24H,3,10-11H2,1-2H3,(H,20,26)(H,21,27). The lowest BCUT2D eigenvalue weighted by molar-refractivity contribution is -0.138. The van der Waals surface area contributed by atoms with E-state index < -0.39 is 30.6 Å². The molecular formula is C18H22N4O5. The summed E-state index contributed by atoms with van der Waals surface area (Å²) in [4.78, 5) is 40.6. The number of rotatable bonds is 7. The van der Waals surface area contributed by atoms with Crippen LogP contribution in [0.3, 0.4) is 0 Å². The first kappa shape index (κ1) is 20.3. The SMILES string of the molecule is CCC(CO)(CO)NC(=O)C(=O)Nc1cccc(C(=O)c2nccn2C)c1. The monoisotopic (exact) mass is 374 g/mol. The van der Waals surface area contributed by atoms with Gasteiger partial charge in [-0.05, 0) is 18.6 Å². The molecule has 1 aromatic heterocycles. The molecule has 144 valence electrons. The number of carbonyl (C=O) groups excluding carboxylic acids is 3. The Hall–Kier alpha value is -3.04. The summed E-state index contributed by atoms with van der Waals surface area (Å²) in [5.74, 6) is -2.06. The second-order valence-electron chi connectivity index (χ2n) is 6.13. The van der Waals surface area contributed by atoms with Gasteiger partial charge in [-0.3, -0.25) is 14.4 Å². The molecule has 4 N–H and O–H groups in total. The molecule has 0 unspecified atom stereocenters. The molecule has 9 nitrogen and oxygen atoms in total. The summed E-state index contributed by atoms with van der Waals surface area (Å²) in [6.07, 6.45) is 3.39. The highest BCUT2D eigenvalue weighted by molar-refractivity contribution is 6.39. The van der Waals surface area contributed by atoms with Crippen molar-refractivity contribution in [2.45, 2.75) is 18.9 Å². The van der Waals surface area contributed by atoms with Gasteiger partial charge in [0, 0.05) is 30.7 Å². The first-order valence-corrected chi connectivity index (χ1v) is 8.33. The number of ketones is 1. The van der Waals surface area contributed by atoms with Gasteiger partial charge >= 0.3 is 11.8 Å². The molecule has 9 heteroatoms. The number of nitrogens with one attached hydrogen (secondary N) is 2. The Labute approximate surface area is 156 Å². The fraction of sp³-hybridized carbons (Fsp3) is 0.333. The van der Waals surface area contributed by atoms with Gasteiger partial charge in [-0.2, -0.15) is 0 Å². The molecule has 0 radical (unpaired) electrons. The van der Waals surface area contributed by atoms with Gasteiger partial charge in [0.15, 0.2) is 5.82 Å². The predicted octanol–water partition coefficient (Wildman–Crippen LogP) is -0.161. The molecule has 0 saturated heterocycles. The van der Waals surface area contributed by atoms with Crippen molar-refractivity contribution in [1.82, 2.24) is 14.9 Å². The average Bonchev–Trinajstić information content (AvgIpc) is 3.11. The van der Waals surface area contributed by atoms with Gasteiger partial charge < -0.3 is 25.4 Å². The molecule has 0 bridgehead atoms. The van der Waals surface area contributed by atoms with E-state index in [1.807, 2.05) is 0 Å². The molecular weight excluding hydrogens is 352 g/mol. The van der Waals surface area contributed by atoms with Crippen LogP contribution in [0, 0.1) is 0 Å². The minimum absolute atomic E-state index is 0.243. The maximum Gasteiger partial charge on any atom is 0.313 e. The largest absolute Gasteiger partial charge is 0.394 e. The summed E-state index contributed by atoms with van der Waals surface area (Å²) in [5.41, 5.74) is -0.716. The number of aliphatic hydroxyl groups is 2. The molecule has 0 aliphatic heterocycles. The van der Waals surface area contributed by atoms with Crippen molar-refractivity contribution in [1.29, 1.82) is 0 Å². The number of benzene rings is 1. The number of anilines is 1. The number of aromatic nitrogens is 2. The molecule has 0 saturated carbocycles.